The number of carboxylic acids is 1. The lowest BCUT2D eigenvalue weighted by atomic mass is 9.91. The molecule has 43 heavy (non-hydrogen) atoms. The molecule has 2 atom stereocenters. The van der Waals surface area contributed by atoms with E-state index in [2.05, 4.69) is 5.32 Å². The molecule has 8 nitrogen and oxygen atoms in total. The first-order chi connectivity index (χ1) is 20.6. The fourth-order valence-corrected chi connectivity index (χ4v) is 5.63. The maximum Gasteiger partial charge on any atom is 0.305 e. The van der Waals surface area contributed by atoms with Gasteiger partial charge in [-0.15, -0.1) is 0 Å². The van der Waals surface area contributed by atoms with E-state index < -0.39 is 47.6 Å². The minimum absolute atomic E-state index is 0.00113. The lowest BCUT2D eigenvalue weighted by Crippen LogP contribution is -2.40. The standard InChI is InChI=1S/C33H26F2N2O6/c1-17-4-3-5-26-28(17)21-12-18(2)29(35)23(14-21)25(15-27(38)39)36-32(40)30(22-13-19(16-43-26)6-7-24(22)34)37-10-8-20-9-11-42-31(20)33(37)41/h3-14,25,30H,15-16H2,1-2H3,(H,36,40)(H,38,39)/t25-,30+/m1/s1. The Labute approximate surface area is 244 Å². The summed E-state index contributed by atoms with van der Waals surface area (Å²) in [6.45, 7) is 3.41. The molecule has 2 N–H and O–H groups in total. The molecule has 1 amide bonds. The first-order valence-electron chi connectivity index (χ1n) is 13.5. The van der Waals surface area contributed by atoms with Gasteiger partial charge in [-0.25, -0.2) is 8.78 Å². The van der Waals surface area contributed by atoms with Crippen molar-refractivity contribution in [3.05, 3.63) is 123 Å². The highest BCUT2D eigenvalue weighted by Gasteiger charge is 2.32. The number of aryl methyl sites for hydroxylation is 2. The van der Waals surface area contributed by atoms with E-state index in [1.165, 1.54) is 36.7 Å². The number of halogens is 2. The topological polar surface area (TPSA) is 111 Å². The molecule has 5 aromatic rings. The summed E-state index contributed by atoms with van der Waals surface area (Å²) in [6, 6.07) is 12.8. The van der Waals surface area contributed by atoms with Gasteiger partial charge in [0.05, 0.1) is 18.7 Å². The van der Waals surface area contributed by atoms with Gasteiger partial charge in [0.15, 0.2) is 5.58 Å². The Hall–Kier alpha value is -5.25. The maximum atomic E-state index is 15.8. The first kappa shape index (κ1) is 27.9. The van der Waals surface area contributed by atoms with Crippen molar-refractivity contribution in [2.24, 2.45) is 0 Å². The van der Waals surface area contributed by atoms with Crippen molar-refractivity contribution in [1.82, 2.24) is 9.88 Å². The van der Waals surface area contributed by atoms with Crippen LogP contribution in [0, 0.1) is 25.5 Å². The van der Waals surface area contributed by atoms with Gasteiger partial charge in [0.2, 0.25) is 5.91 Å². The van der Waals surface area contributed by atoms with E-state index in [0.29, 0.717) is 27.8 Å². The third-order valence-electron chi connectivity index (χ3n) is 7.69. The number of aromatic nitrogens is 1. The molecule has 0 unspecified atom stereocenters. The zero-order valence-electron chi connectivity index (χ0n) is 23.2. The third kappa shape index (κ3) is 5.05. The summed E-state index contributed by atoms with van der Waals surface area (Å²) >= 11 is 0. The van der Waals surface area contributed by atoms with Crippen molar-refractivity contribution in [3.8, 4) is 16.9 Å². The predicted molar refractivity (Wildman–Crippen MR) is 154 cm³/mol. The number of hydrogen-bond acceptors (Lipinski definition) is 5. The van der Waals surface area contributed by atoms with Gasteiger partial charge in [0.1, 0.15) is 30.0 Å². The monoisotopic (exact) mass is 584 g/mol. The highest BCUT2D eigenvalue weighted by atomic mass is 19.1. The smallest absolute Gasteiger partial charge is 0.305 e. The molecule has 1 aliphatic heterocycles. The van der Waals surface area contributed by atoms with Crippen LogP contribution in [0.3, 0.4) is 0 Å². The molecule has 2 aromatic heterocycles. The highest BCUT2D eigenvalue weighted by molar-refractivity contribution is 5.86. The zero-order chi connectivity index (χ0) is 30.4. The number of hydrogen-bond donors (Lipinski definition) is 2. The summed E-state index contributed by atoms with van der Waals surface area (Å²) in [6.07, 6.45) is 1.99. The van der Waals surface area contributed by atoms with Gasteiger partial charge in [-0.1, -0.05) is 18.2 Å². The molecule has 3 aromatic carbocycles. The van der Waals surface area contributed by atoms with Gasteiger partial charge in [-0.2, -0.15) is 0 Å². The van der Waals surface area contributed by atoms with Crippen molar-refractivity contribution in [1.29, 1.82) is 0 Å². The summed E-state index contributed by atoms with van der Waals surface area (Å²) in [5.41, 5.74) is 1.84. The Morgan fingerprint density at radius 1 is 1.02 bits per heavy atom. The molecule has 0 fully saturated rings. The van der Waals surface area contributed by atoms with Crippen molar-refractivity contribution >= 4 is 22.8 Å². The van der Waals surface area contributed by atoms with E-state index >= 15 is 8.78 Å². The first-order valence-corrected chi connectivity index (χ1v) is 13.5. The van der Waals surface area contributed by atoms with Gasteiger partial charge >= 0.3 is 5.97 Å². The Morgan fingerprint density at radius 3 is 2.63 bits per heavy atom. The fourth-order valence-electron chi connectivity index (χ4n) is 5.63. The number of amides is 1. The minimum Gasteiger partial charge on any atom is -0.488 e. The molecule has 1 aliphatic rings. The second-order valence-electron chi connectivity index (χ2n) is 10.6. The molecule has 6 rings (SSSR count). The molecule has 10 heteroatoms. The Kier molecular flexibility index (Phi) is 7.05. The van der Waals surface area contributed by atoms with Crippen molar-refractivity contribution in [2.45, 2.75) is 39.0 Å². The summed E-state index contributed by atoms with van der Waals surface area (Å²) in [4.78, 5) is 39.6. The molecule has 0 saturated carbocycles. The van der Waals surface area contributed by atoms with Crippen molar-refractivity contribution in [2.75, 3.05) is 0 Å². The number of nitrogens with zero attached hydrogens (tertiary/aromatic N) is 1. The number of carboxylic acid groups (broad SMARTS) is 1. The molecular formula is C33H26F2N2O6. The van der Waals surface area contributed by atoms with Gasteiger partial charge in [-0.3, -0.25) is 19.0 Å². The van der Waals surface area contributed by atoms with Gasteiger partial charge in [0, 0.05) is 28.3 Å². The van der Waals surface area contributed by atoms with Crippen LogP contribution in [0.4, 0.5) is 8.78 Å². The normalized spacial score (nSPS) is 16.6. The Morgan fingerprint density at radius 2 is 1.84 bits per heavy atom. The average molecular weight is 585 g/mol. The van der Waals surface area contributed by atoms with Crippen LogP contribution in [0.15, 0.2) is 82.3 Å². The number of rotatable bonds is 3. The minimum atomic E-state index is -1.59. The van der Waals surface area contributed by atoms with E-state index in [-0.39, 0.29) is 28.9 Å². The SMILES string of the molecule is Cc1cc2cc(c1F)[C@@H](CC(=O)O)NC(=O)[C@@H](n1ccc3ccoc3c1=O)c1cc(ccc1F)COc1cccc(C)c1-2. The summed E-state index contributed by atoms with van der Waals surface area (Å²) < 4.78 is 43.9. The Balaban J connectivity index is 1.62. The number of aliphatic carboxylic acids is 1. The predicted octanol–water partition coefficient (Wildman–Crippen LogP) is 5.97. The van der Waals surface area contributed by atoms with E-state index in [1.54, 1.807) is 31.2 Å². The average Bonchev–Trinajstić information content (AvgIpc) is 3.45. The molecular weight excluding hydrogens is 558 g/mol. The molecule has 3 heterocycles. The lowest BCUT2D eigenvalue weighted by molar-refractivity contribution is -0.137. The quantitative estimate of drug-likeness (QED) is 0.270. The number of fused-ring (bicyclic) bond motifs is 7. The van der Waals surface area contributed by atoms with Gasteiger partial charge < -0.3 is 19.6 Å². The summed E-state index contributed by atoms with van der Waals surface area (Å²) in [5, 5.41) is 12.9. The van der Waals surface area contributed by atoms with E-state index in [1.807, 2.05) is 19.1 Å². The van der Waals surface area contributed by atoms with Crippen molar-refractivity contribution in [3.63, 3.8) is 0 Å². The molecule has 0 spiro atoms. The maximum absolute atomic E-state index is 15.8. The number of pyridine rings is 1. The fraction of sp³-hybridized carbons (Fsp3) is 0.182. The number of nitrogens with one attached hydrogen (secondary N) is 1. The highest BCUT2D eigenvalue weighted by Crippen LogP contribution is 2.38. The second-order valence-corrected chi connectivity index (χ2v) is 10.6. The lowest BCUT2D eigenvalue weighted by Gasteiger charge is -2.26. The zero-order valence-corrected chi connectivity index (χ0v) is 23.2. The number of carbonyl (C=O) groups excluding carboxylic acids is 1. The Bertz CT molecular complexity index is 1980. The number of furan rings is 1. The number of carbonyl (C=O) groups is 2. The van der Waals surface area contributed by atoms with Crippen LogP contribution in [0.25, 0.3) is 22.1 Å². The summed E-state index contributed by atoms with van der Waals surface area (Å²) in [5.74, 6) is -3.20. The van der Waals surface area contributed by atoms with Gasteiger partial charge in [-0.05, 0) is 78.6 Å². The van der Waals surface area contributed by atoms with Crippen molar-refractivity contribution < 1.29 is 32.6 Å². The van der Waals surface area contributed by atoms with Crippen LogP contribution in [-0.4, -0.2) is 21.6 Å². The third-order valence-corrected chi connectivity index (χ3v) is 7.69. The van der Waals surface area contributed by atoms with Crippen LogP contribution in [-0.2, 0) is 16.2 Å². The van der Waals surface area contributed by atoms with Crippen LogP contribution in [0.1, 0.15) is 46.3 Å². The number of ether oxygens (including phenoxy) is 1. The molecule has 0 radical (unpaired) electrons. The largest absolute Gasteiger partial charge is 0.488 e. The molecule has 0 aliphatic carbocycles. The second kappa shape index (κ2) is 10.9. The molecule has 0 saturated heterocycles. The summed E-state index contributed by atoms with van der Waals surface area (Å²) in [7, 11) is 0. The molecule has 4 bridgehead atoms. The van der Waals surface area contributed by atoms with E-state index in [9.17, 15) is 19.5 Å². The van der Waals surface area contributed by atoms with Gasteiger partial charge in [0.25, 0.3) is 5.56 Å². The van der Waals surface area contributed by atoms with E-state index in [4.69, 9.17) is 9.15 Å². The van der Waals surface area contributed by atoms with E-state index in [0.717, 1.165) is 10.1 Å². The van der Waals surface area contributed by atoms with Crippen LogP contribution >= 0.6 is 0 Å². The van der Waals surface area contributed by atoms with Crippen LogP contribution < -0.4 is 15.6 Å². The molecule has 218 valence electrons. The number of benzene rings is 3. The van der Waals surface area contributed by atoms with Crippen LogP contribution in [0.2, 0.25) is 0 Å². The van der Waals surface area contributed by atoms with Crippen LogP contribution in [0.5, 0.6) is 5.75 Å².